The van der Waals surface area contributed by atoms with E-state index in [2.05, 4.69) is 4.89 Å². The van der Waals surface area contributed by atoms with Crippen molar-refractivity contribution < 1.29 is 23.7 Å². The second kappa shape index (κ2) is 4.55. The van der Waals surface area contributed by atoms with Gasteiger partial charge >= 0.3 is 0 Å². The van der Waals surface area contributed by atoms with Crippen LogP contribution >= 0.6 is 0 Å². The van der Waals surface area contributed by atoms with Gasteiger partial charge < -0.3 is 4.74 Å². The van der Waals surface area contributed by atoms with E-state index in [9.17, 15) is 8.78 Å². The Balaban J connectivity index is 2.93. The van der Waals surface area contributed by atoms with E-state index in [1.165, 1.54) is 31.4 Å². The summed E-state index contributed by atoms with van der Waals surface area (Å²) in [4.78, 5) is 3.78. The van der Waals surface area contributed by atoms with Crippen LogP contribution in [0.5, 0.6) is 5.75 Å². The Morgan fingerprint density at radius 3 is 2.13 bits per heavy atom. The Morgan fingerprint density at radius 1 is 1.27 bits per heavy atom. The predicted molar refractivity (Wildman–Crippen MR) is 50.1 cm³/mol. The van der Waals surface area contributed by atoms with Crippen LogP contribution in [0.1, 0.15) is 18.6 Å². The highest BCUT2D eigenvalue weighted by atomic mass is 19.3. The lowest BCUT2D eigenvalue weighted by Gasteiger charge is -2.20. The van der Waals surface area contributed by atoms with Crippen molar-refractivity contribution in [3.8, 4) is 5.75 Å². The molecule has 5 heteroatoms. The van der Waals surface area contributed by atoms with Crippen molar-refractivity contribution in [1.29, 1.82) is 0 Å². The van der Waals surface area contributed by atoms with Gasteiger partial charge in [0.2, 0.25) is 0 Å². The number of rotatable bonds is 4. The van der Waals surface area contributed by atoms with Crippen LogP contribution in [0.25, 0.3) is 0 Å². The van der Waals surface area contributed by atoms with E-state index < -0.39 is 12.0 Å². The van der Waals surface area contributed by atoms with Gasteiger partial charge in [-0.2, -0.15) is 0 Å². The average molecular weight is 218 g/mol. The van der Waals surface area contributed by atoms with E-state index in [1.54, 1.807) is 0 Å². The van der Waals surface area contributed by atoms with E-state index in [-0.39, 0.29) is 5.56 Å². The molecule has 1 rings (SSSR count). The van der Waals surface area contributed by atoms with Crippen molar-refractivity contribution in [3.63, 3.8) is 0 Å². The molecule has 0 saturated carbocycles. The van der Waals surface area contributed by atoms with Crippen LogP contribution in [0.2, 0.25) is 0 Å². The summed E-state index contributed by atoms with van der Waals surface area (Å²) in [6.45, 7) is 0.679. The van der Waals surface area contributed by atoms with Gasteiger partial charge in [0.05, 0.1) is 7.11 Å². The molecule has 0 aromatic heterocycles. The SMILES string of the molecule is COc1ccc(C(OO)C(C)(F)F)cc1. The quantitative estimate of drug-likeness (QED) is 0.623. The second-order valence-corrected chi connectivity index (χ2v) is 3.21. The lowest BCUT2D eigenvalue weighted by atomic mass is 10.0. The van der Waals surface area contributed by atoms with Crippen LogP contribution in [-0.4, -0.2) is 18.3 Å². The van der Waals surface area contributed by atoms with Crippen molar-refractivity contribution in [3.05, 3.63) is 29.8 Å². The van der Waals surface area contributed by atoms with Crippen molar-refractivity contribution in [2.24, 2.45) is 0 Å². The topological polar surface area (TPSA) is 38.7 Å². The highest BCUT2D eigenvalue weighted by Gasteiger charge is 2.37. The average Bonchev–Trinajstić information content (AvgIpc) is 2.18. The molecule has 1 unspecified atom stereocenters. The van der Waals surface area contributed by atoms with Crippen molar-refractivity contribution in [2.45, 2.75) is 19.0 Å². The van der Waals surface area contributed by atoms with Gasteiger partial charge in [-0.15, -0.1) is 0 Å². The van der Waals surface area contributed by atoms with Gasteiger partial charge in [0.25, 0.3) is 5.92 Å². The second-order valence-electron chi connectivity index (χ2n) is 3.21. The van der Waals surface area contributed by atoms with E-state index in [1.807, 2.05) is 0 Å². The standard InChI is InChI=1S/C10H12F2O3/c1-10(11,12)9(15-13)7-3-5-8(14-2)6-4-7/h3-6,9,13H,1-2H3. The number of hydrogen-bond acceptors (Lipinski definition) is 3. The maximum Gasteiger partial charge on any atom is 0.278 e. The molecule has 1 aromatic rings. The Kier molecular flexibility index (Phi) is 3.60. The minimum absolute atomic E-state index is 0.186. The summed E-state index contributed by atoms with van der Waals surface area (Å²) >= 11 is 0. The van der Waals surface area contributed by atoms with Gasteiger partial charge in [-0.25, -0.2) is 13.7 Å². The van der Waals surface area contributed by atoms with Gasteiger partial charge in [0.1, 0.15) is 5.75 Å². The largest absolute Gasteiger partial charge is 0.497 e. The summed E-state index contributed by atoms with van der Waals surface area (Å²) in [7, 11) is 1.48. The van der Waals surface area contributed by atoms with Crippen molar-refractivity contribution >= 4 is 0 Å². The molecule has 0 aliphatic carbocycles. The molecule has 15 heavy (non-hydrogen) atoms. The van der Waals surface area contributed by atoms with E-state index in [4.69, 9.17) is 9.99 Å². The van der Waals surface area contributed by atoms with Gasteiger partial charge in [0.15, 0.2) is 6.10 Å². The molecule has 84 valence electrons. The van der Waals surface area contributed by atoms with Crippen LogP contribution in [0, 0.1) is 0 Å². The molecule has 1 atom stereocenters. The third kappa shape index (κ3) is 2.87. The summed E-state index contributed by atoms with van der Waals surface area (Å²) in [5, 5.41) is 8.43. The van der Waals surface area contributed by atoms with Crippen LogP contribution in [0.15, 0.2) is 24.3 Å². The fourth-order valence-electron chi connectivity index (χ4n) is 1.22. The van der Waals surface area contributed by atoms with Crippen LogP contribution in [0.4, 0.5) is 8.78 Å². The Morgan fingerprint density at radius 2 is 1.80 bits per heavy atom. The Hall–Kier alpha value is -1.20. The van der Waals surface area contributed by atoms with Crippen LogP contribution in [-0.2, 0) is 4.89 Å². The van der Waals surface area contributed by atoms with E-state index >= 15 is 0 Å². The number of benzene rings is 1. The number of halogens is 2. The maximum absolute atomic E-state index is 12.9. The van der Waals surface area contributed by atoms with Crippen molar-refractivity contribution in [2.75, 3.05) is 7.11 Å². The van der Waals surface area contributed by atoms with Crippen molar-refractivity contribution in [1.82, 2.24) is 0 Å². The molecule has 0 saturated heterocycles. The monoisotopic (exact) mass is 218 g/mol. The Bertz CT molecular complexity index is 305. The zero-order chi connectivity index (χ0) is 11.5. The maximum atomic E-state index is 12.9. The molecule has 1 aromatic carbocycles. The highest BCUT2D eigenvalue weighted by Crippen LogP contribution is 2.33. The fraction of sp³-hybridized carbons (Fsp3) is 0.400. The first kappa shape index (κ1) is 11.9. The third-order valence-corrected chi connectivity index (χ3v) is 1.98. The van der Waals surface area contributed by atoms with E-state index in [0.29, 0.717) is 12.7 Å². The molecule has 0 aliphatic rings. The number of methoxy groups -OCH3 is 1. The van der Waals surface area contributed by atoms with Gasteiger partial charge in [-0.1, -0.05) is 12.1 Å². The molecule has 0 radical (unpaired) electrons. The first-order valence-corrected chi connectivity index (χ1v) is 4.31. The molecule has 0 spiro atoms. The summed E-state index contributed by atoms with van der Waals surface area (Å²) in [6.07, 6.45) is -1.66. The third-order valence-electron chi connectivity index (χ3n) is 1.98. The minimum atomic E-state index is -3.15. The highest BCUT2D eigenvalue weighted by molar-refractivity contribution is 5.29. The molecule has 3 nitrogen and oxygen atoms in total. The summed E-state index contributed by atoms with van der Waals surface area (Å²) in [5.41, 5.74) is 0.186. The zero-order valence-electron chi connectivity index (χ0n) is 8.41. The number of ether oxygens (including phenoxy) is 1. The Labute approximate surface area is 86.2 Å². The first-order valence-electron chi connectivity index (χ1n) is 4.31. The number of hydrogen-bond donors (Lipinski definition) is 1. The summed E-state index contributed by atoms with van der Waals surface area (Å²) in [5.74, 6) is -2.60. The van der Waals surface area contributed by atoms with Gasteiger partial charge in [-0.3, -0.25) is 5.26 Å². The summed E-state index contributed by atoms with van der Waals surface area (Å²) < 4.78 is 30.8. The fourth-order valence-corrected chi connectivity index (χ4v) is 1.22. The van der Waals surface area contributed by atoms with Crippen LogP contribution in [0.3, 0.4) is 0 Å². The number of alkyl halides is 2. The lowest BCUT2D eigenvalue weighted by molar-refractivity contribution is -0.324. The molecule has 0 amide bonds. The molecule has 1 N–H and O–H groups in total. The van der Waals surface area contributed by atoms with Gasteiger partial charge in [-0.05, 0) is 17.7 Å². The lowest BCUT2D eigenvalue weighted by Crippen LogP contribution is -2.23. The molecular weight excluding hydrogens is 206 g/mol. The zero-order valence-corrected chi connectivity index (χ0v) is 8.41. The molecule has 0 heterocycles. The minimum Gasteiger partial charge on any atom is -0.497 e. The predicted octanol–water partition coefficient (Wildman–Crippen LogP) is 2.88. The molecule has 0 fully saturated rings. The first-order chi connectivity index (χ1) is 6.99. The smallest absolute Gasteiger partial charge is 0.278 e. The molecule has 0 bridgehead atoms. The summed E-state index contributed by atoms with van der Waals surface area (Å²) in [6, 6.07) is 5.87. The van der Waals surface area contributed by atoms with Crippen LogP contribution < -0.4 is 4.74 Å². The van der Waals surface area contributed by atoms with Gasteiger partial charge in [0, 0.05) is 6.92 Å². The molecular formula is C10H12F2O3. The normalized spacial score (nSPS) is 13.7. The molecule has 0 aliphatic heterocycles. The van der Waals surface area contributed by atoms with E-state index in [0.717, 1.165) is 0 Å².